The number of hydrogen-bond donors (Lipinski definition) is 2. The average Bonchev–Trinajstić information content (AvgIpc) is 2.07. The van der Waals surface area contributed by atoms with Crippen LogP contribution in [0.5, 0.6) is 11.5 Å². The molecule has 0 aromatic heterocycles. The van der Waals surface area contributed by atoms with E-state index in [2.05, 4.69) is 0 Å². The highest BCUT2D eigenvalue weighted by Gasteiger charge is 2.13. The van der Waals surface area contributed by atoms with Crippen LogP contribution in [0.4, 0.5) is 0 Å². The fraction of sp³-hybridized carbons (Fsp3) is 0.455. The molecule has 2 N–H and O–H groups in total. The normalized spacial score (nSPS) is 10.8. The van der Waals surface area contributed by atoms with Crippen LogP contribution in [0.1, 0.15) is 36.5 Å². The molecule has 1 aromatic carbocycles. The summed E-state index contributed by atoms with van der Waals surface area (Å²) in [5, 5.41) is 19.2. The molecule has 0 amide bonds. The number of phenols is 2. The van der Waals surface area contributed by atoms with Crippen LogP contribution in [0.15, 0.2) is 6.07 Å². The van der Waals surface area contributed by atoms with Crippen LogP contribution in [0.25, 0.3) is 0 Å². The fourth-order valence-corrected chi connectivity index (χ4v) is 1.43. The Bertz CT molecular complexity index is 327. The molecule has 0 aliphatic heterocycles. The van der Waals surface area contributed by atoms with Gasteiger partial charge in [-0.25, -0.2) is 0 Å². The summed E-state index contributed by atoms with van der Waals surface area (Å²) < 4.78 is 0. The molecule has 1 aromatic rings. The van der Waals surface area contributed by atoms with Gasteiger partial charge in [0, 0.05) is 5.56 Å². The SMILES string of the molecule is Cc1cc(C(C)C)c(O)c(C)c1O. The molecule has 0 spiro atoms. The Kier molecular flexibility index (Phi) is 2.50. The third-order valence-corrected chi connectivity index (χ3v) is 2.35. The Labute approximate surface area is 78.8 Å². The number of phenolic OH excluding ortho intramolecular Hbond substituents is 2. The van der Waals surface area contributed by atoms with Crippen LogP contribution in [0.2, 0.25) is 0 Å². The summed E-state index contributed by atoms with van der Waals surface area (Å²) in [4.78, 5) is 0. The highest BCUT2D eigenvalue weighted by Crippen LogP contribution is 2.36. The minimum Gasteiger partial charge on any atom is -0.507 e. The highest BCUT2D eigenvalue weighted by atomic mass is 16.3. The van der Waals surface area contributed by atoms with E-state index < -0.39 is 0 Å². The maximum atomic E-state index is 9.71. The zero-order chi connectivity index (χ0) is 10.2. The van der Waals surface area contributed by atoms with Crippen molar-refractivity contribution in [2.24, 2.45) is 0 Å². The van der Waals surface area contributed by atoms with Crippen molar-refractivity contribution in [3.05, 3.63) is 22.8 Å². The van der Waals surface area contributed by atoms with Crippen LogP contribution >= 0.6 is 0 Å². The summed E-state index contributed by atoms with van der Waals surface area (Å²) in [6.45, 7) is 7.60. The first kappa shape index (κ1) is 9.90. The molecular formula is C11H16O2. The first-order chi connectivity index (χ1) is 5.95. The van der Waals surface area contributed by atoms with E-state index in [-0.39, 0.29) is 17.4 Å². The minimum absolute atomic E-state index is 0.196. The quantitative estimate of drug-likeness (QED) is 0.697. The van der Waals surface area contributed by atoms with Crippen molar-refractivity contribution in [2.75, 3.05) is 0 Å². The van der Waals surface area contributed by atoms with Gasteiger partial charge in [0.2, 0.25) is 0 Å². The minimum atomic E-state index is 0.196. The average molecular weight is 180 g/mol. The highest BCUT2D eigenvalue weighted by molar-refractivity contribution is 5.52. The van der Waals surface area contributed by atoms with Gasteiger partial charge in [0.05, 0.1) is 0 Å². The van der Waals surface area contributed by atoms with Crippen LogP contribution < -0.4 is 0 Å². The maximum absolute atomic E-state index is 9.71. The van der Waals surface area contributed by atoms with Gasteiger partial charge in [-0.1, -0.05) is 13.8 Å². The molecule has 72 valence electrons. The smallest absolute Gasteiger partial charge is 0.125 e. The summed E-state index contributed by atoms with van der Waals surface area (Å²) in [6, 6.07) is 1.84. The van der Waals surface area contributed by atoms with Gasteiger partial charge in [0.15, 0.2) is 0 Å². The number of aromatic hydroxyl groups is 2. The molecular weight excluding hydrogens is 164 g/mol. The molecule has 0 atom stereocenters. The van der Waals surface area contributed by atoms with Gasteiger partial charge >= 0.3 is 0 Å². The van der Waals surface area contributed by atoms with Crippen LogP contribution in [0, 0.1) is 13.8 Å². The van der Waals surface area contributed by atoms with E-state index in [1.165, 1.54) is 0 Å². The van der Waals surface area contributed by atoms with E-state index in [4.69, 9.17) is 0 Å². The molecule has 1 rings (SSSR count). The van der Waals surface area contributed by atoms with Crippen molar-refractivity contribution < 1.29 is 10.2 Å². The lowest BCUT2D eigenvalue weighted by molar-refractivity contribution is 0.434. The van der Waals surface area contributed by atoms with E-state index in [0.717, 1.165) is 11.1 Å². The molecule has 2 heteroatoms. The van der Waals surface area contributed by atoms with Gasteiger partial charge in [-0.15, -0.1) is 0 Å². The molecule has 0 bridgehead atoms. The third-order valence-electron chi connectivity index (χ3n) is 2.35. The van der Waals surface area contributed by atoms with E-state index >= 15 is 0 Å². The van der Waals surface area contributed by atoms with Crippen molar-refractivity contribution >= 4 is 0 Å². The number of rotatable bonds is 1. The summed E-state index contributed by atoms with van der Waals surface area (Å²) in [5.41, 5.74) is 2.29. The number of aryl methyl sites for hydroxylation is 1. The molecule has 0 radical (unpaired) electrons. The zero-order valence-corrected chi connectivity index (χ0v) is 8.55. The van der Waals surface area contributed by atoms with Crippen LogP contribution in [0.3, 0.4) is 0 Å². The van der Waals surface area contributed by atoms with Crippen molar-refractivity contribution in [3.63, 3.8) is 0 Å². The Hall–Kier alpha value is -1.18. The van der Waals surface area contributed by atoms with Gasteiger partial charge in [0.1, 0.15) is 11.5 Å². The lowest BCUT2D eigenvalue weighted by atomic mass is 9.96. The van der Waals surface area contributed by atoms with Crippen molar-refractivity contribution in [1.29, 1.82) is 0 Å². The largest absolute Gasteiger partial charge is 0.507 e. The molecule has 0 unspecified atom stereocenters. The van der Waals surface area contributed by atoms with Gasteiger partial charge in [0.25, 0.3) is 0 Å². The topological polar surface area (TPSA) is 40.5 Å². The van der Waals surface area contributed by atoms with Gasteiger partial charge in [-0.05, 0) is 37.0 Å². The van der Waals surface area contributed by atoms with Gasteiger partial charge < -0.3 is 10.2 Å². The predicted molar refractivity (Wildman–Crippen MR) is 53.3 cm³/mol. The van der Waals surface area contributed by atoms with Crippen molar-refractivity contribution in [3.8, 4) is 11.5 Å². The number of benzene rings is 1. The first-order valence-corrected chi connectivity index (χ1v) is 4.47. The second-order valence-corrected chi connectivity index (χ2v) is 3.76. The first-order valence-electron chi connectivity index (χ1n) is 4.47. The molecule has 0 saturated carbocycles. The standard InChI is InChI=1S/C11H16O2/c1-6(2)9-5-7(3)10(12)8(4)11(9)13/h5-6,12-13H,1-4H3. The Balaban J connectivity index is 3.41. The molecule has 0 aliphatic rings. The predicted octanol–water partition coefficient (Wildman–Crippen LogP) is 2.84. The molecule has 0 heterocycles. The van der Waals surface area contributed by atoms with E-state index in [0.29, 0.717) is 5.56 Å². The number of hydrogen-bond acceptors (Lipinski definition) is 2. The summed E-state index contributed by atoms with van der Waals surface area (Å²) >= 11 is 0. The molecule has 2 nitrogen and oxygen atoms in total. The van der Waals surface area contributed by atoms with Gasteiger partial charge in [-0.3, -0.25) is 0 Å². The molecule has 0 saturated heterocycles. The molecule has 0 aliphatic carbocycles. The van der Waals surface area contributed by atoms with Crippen LogP contribution in [-0.4, -0.2) is 10.2 Å². The van der Waals surface area contributed by atoms with Crippen molar-refractivity contribution in [2.45, 2.75) is 33.6 Å². The third kappa shape index (κ3) is 1.62. The van der Waals surface area contributed by atoms with Crippen LogP contribution in [-0.2, 0) is 0 Å². The maximum Gasteiger partial charge on any atom is 0.125 e. The molecule has 0 fully saturated rings. The van der Waals surface area contributed by atoms with E-state index in [9.17, 15) is 10.2 Å². The fourth-order valence-electron chi connectivity index (χ4n) is 1.43. The Morgan fingerprint density at radius 3 is 2.08 bits per heavy atom. The van der Waals surface area contributed by atoms with E-state index in [1.807, 2.05) is 26.8 Å². The zero-order valence-electron chi connectivity index (χ0n) is 8.55. The Morgan fingerprint density at radius 2 is 1.62 bits per heavy atom. The summed E-state index contributed by atoms with van der Waals surface area (Å²) in [6.07, 6.45) is 0. The van der Waals surface area contributed by atoms with E-state index in [1.54, 1.807) is 6.92 Å². The summed E-state index contributed by atoms with van der Waals surface area (Å²) in [7, 11) is 0. The van der Waals surface area contributed by atoms with Crippen molar-refractivity contribution in [1.82, 2.24) is 0 Å². The monoisotopic (exact) mass is 180 g/mol. The lowest BCUT2D eigenvalue weighted by Crippen LogP contribution is -1.92. The summed E-state index contributed by atoms with van der Waals surface area (Å²) in [5.74, 6) is 0.693. The van der Waals surface area contributed by atoms with Gasteiger partial charge in [-0.2, -0.15) is 0 Å². The second kappa shape index (κ2) is 3.29. The second-order valence-electron chi connectivity index (χ2n) is 3.76. The Morgan fingerprint density at radius 1 is 1.08 bits per heavy atom. The molecule has 13 heavy (non-hydrogen) atoms. The lowest BCUT2D eigenvalue weighted by Gasteiger charge is -2.13.